The molecule has 4 N–H and O–H groups in total. The minimum atomic E-state index is -1.16. The van der Waals surface area contributed by atoms with Gasteiger partial charge >= 0.3 is 0 Å². The summed E-state index contributed by atoms with van der Waals surface area (Å²) in [6.07, 6.45) is 48.6. The van der Waals surface area contributed by atoms with Gasteiger partial charge in [-0.05, 0) is 51.4 Å². The second kappa shape index (κ2) is 40.6. The molecule has 0 spiro atoms. The maximum absolute atomic E-state index is 12.4. The van der Waals surface area contributed by atoms with Crippen molar-refractivity contribution < 1.29 is 20.1 Å². The highest BCUT2D eigenvalue weighted by Crippen LogP contribution is 2.16. The number of amides is 1. The van der Waals surface area contributed by atoms with E-state index in [1.54, 1.807) is 0 Å². The van der Waals surface area contributed by atoms with Gasteiger partial charge in [-0.25, -0.2) is 0 Å². The van der Waals surface area contributed by atoms with Gasteiger partial charge in [0.15, 0.2) is 0 Å². The maximum Gasteiger partial charge on any atom is 0.220 e. The summed E-state index contributed by atoms with van der Waals surface area (Å²) in [6, 6.07) is -0.828. The first-order valence-electron chi connectivity index (χ1n) is 22.1. The van der Waals surface area contributed by atoms with Gasteiger partial charge in [0.05, 0.1) is 18.8 Å². The molecule has 50 heavy (non-hydrogen) atoms. The average Bonchev–Trinajstić information content (AvgIpc) is 3.12. The second-order valence-electron chi connectivity index (χ2n) is 15.2. The third kappa shape index (κ3) is 35.2. The van der Waals surface area contributed by atoms with Crippen LogP contribution in [0.15, 0.2) is 24.3 Å². The van der Waals surface area contributed by atoms with Gasteiger partial charge in [0.1, 0.15) is 6.10 Å². The van der Waals surface area contributed by atoms with Crippen LogP contribution >= 0.6 is 0 Å². The first-order valence-corrected chi connectivity index (χ1v) is 22.1. The standard InChI is InChI=1S/C45H87NO4/c1-3-5-7-9-11-13-15-17-19-21-22-24-26-28-30-32-34-36-38-40-44(49)46-42(41-47)45(50)43(48)39-37-35-33-31-29-27-25-23-20-18-16-14-12-10-8-6-4-2/h23,25,31,33,42-43,45,47-48,50H,3-22,24,26-30,32,34-41H2,1-2H3,(H,46,49)/b25-23+,33-31+. The zero-order valence-electron chi connectivity index (χ0n) is 33.5. The van der Waals surface area contributed by atoms with E-state index in [4.69, 9.17) is 0 Å². The number of hydrogen-bond donors (Lipinski definition) is 4. The summed E-state index contributed by atoms with van der Waals surface area (Å²) in [5.74, 6) is -0.155. The molecule has 3 unspecified atom stereocenters. The number of hydrogen-bond acceptors (Lipinski definition) is 4. The lowest BCUT2D eigenvalue weighted by atomic mass is 10.0. The fourth-order valence-corrected chi connectivity index (χ4v) is 6.83. The topological polar surface area (TPSA) is 89.8 Å². The molecule has 296 valence electrons. The molecule has 0 aliphatic heterocycles. The number of unbranched alkanes of at least 4 members (excludes halogenated alkanes) is 28. The number of aliphatic hydroxyl groups excluding tert-OH is 3. The third-order valence-electron chi connectivity index (χ3n) is 10.3. The molecule has 0 aromatic heterocycles. The SMILES string of the molecule is CCCCCCCCCC/C=C/CC/C=C/CCCC(O)C(O)C(CO)NC(=O)CCCCCCCCCCCCCCCCCCCCC. The summed E-state index contributed by atoms with van der Waals surface area (Å²) in [7, 11) is 0. The Morgan fingerprint density at radius 1 is 0.480 bits per heavy atom. The van der Waals surface area contributed by atoms with E-state index in [0.717, 1.165) is 44.9 Å². The molecule has 5 heteroatoms. The van der Waals surface area contributed by atoms with Gasteiger partial charge in [0.25, 0.3) is 0 Å². The van der Waals surface area contributed by atoms with Crippen LogP contribution in [0.4, 0.5) is 0 Å². The molecule has 5 nitrogen and oxygen atoms in total. The number of nitrogens with one attached hydrogen (secondary N) is 1. The van der Waals surface area contributed by atoms with Crippen LogP contribution in [-0.4, -0.2) is 46.1 Å². The molecule has 0 aromatic carbocycles. The summed E-state index contributed by atoms with van der Waals surface area (Å²) < 4.78 is 0. The predicted molar refractivity (Wildman–Crippen MR) is 218 cm³/mol. The van der Waals surface area contributed by atoms with Gasteiger partial charge in [-0.1, -0.05) is 199 Å². The predicted octanol–water partition coefficient (Wildman–Crippen LogP) is 12.6. The van der Waals surface area contributed by atoms with Gasteiger partial charge in [0.2, 0.25) is 5.91 Å². The highest BCUT2D eigenvalue weighted by molar-refractivity contribution is 5.76. The molecule has 3 atom stereocenters. The third-order valence-corrected chi connectivity index (χ3v) is 10.3. The zero-order chi connectivity index (χ0) is 36.6. The smallest absolute Gasteiger partial charge is 0.220 e. The molecule has 0 aliphatic carbocycles. The van der Waals surface area contributed by atoms with E-state index in [0.29, 0.717) is 12.8 Å². The highest BCUT2D eigenvalue weighted by Gasteiger charge is 2.26. The first-order chi connectivity index (χ1) is 24.6. The van der Waals surface area contributed by atoms with Crippen LogP contribution in [0.2, 0.25) is 0 Å². The molecular weight excluding hydrogens is 618 g/mol. The Morgan fingerprint density at radius 2 is 0.820 bits per heavy atom. The first kappa shape index (κ1) is 48.8. The molecule has 0 aliphatic rings. The summed E-state index contributed by atoms with van der Waals surface area (Å²) in [6.45, 7) is 4.17. The molecule has 0 radical (unpaired) electrons. The van der Waals surface area contributed by atoms with E-state index in [9.17, 15) is 20.1 Å². The van der Waals surface area contributed by atoms with Crippen molar-refractivity contribution in [3.05, 3.63) is 24.3 Å². The fraction of sp³-hybridized carbons (Fsp3) is 0.889. The van der Waals surface area contributed by atoms with Gasteiger partial charge in [0, 0.05) is 6.42 Å². The van der Waals surface area contributed by atoms with E-state index >= 15 is 0 Å². The van der Waals surface area contributed by atoms with Crippen molar-refractivity contribution in [3.8, 4) is 0 Å². The fourth-order valence-electron chi connectivity index (χ4n) is 6.83. The van der Waals surface area contributed by atoms with Gasteiger partial charge in [-0.15, -0.1) is 0 Å². The number of rotatable bonds is 40. The molecule has 0 aromatic rings. The van der Waals surface area contributed by atoms with E-state index in [1.165, 1.54) is 161 Å². The van der Waals surface area contributed by atoms with E-state index in [1.807, 2.05) is 0 Å². The maximum atomic E-state index is 12.4. The van der Waals surface area contributed by atoms with Crippen molar-refractivity contribution in [1.82, 2.24) is 5.32 Å². The molecule has 1 amide bonds. The van der Waals surface area contributed by atoms with E-state index < -0.39 is 18.2 Å². The molecule has 0 saturated carbocycles. The largest absolute Gasteiger partial charge is 0.394 e. The van der Waals surface area contributed by atoms with E-state index in [2.05, 4.69) is 43.5 Å². The number of carbonyl (C=O) groups is 1. The summed E-state index contributed by atoms with van der Waals surface area (Å²) >= 11 is 0. The minimum Gasteiger partial charge on any atom is -0.394 e. The van der Waals surface area contributed by atoms with Crippen LogP contribution in [0.5, 0.6) is 0 Å². The Labute approximate surface area is 312 Å². The van der Waals surface area contributed by atoms with E-state index in [-0.39, 0.29) is 12.5 Å². The number of allylic oxidation sites excluding steroid dienone is 4. The van der Waals surface area contributed by atoms with Crippen molar-refractivity contribution in [2.45, 2.75) is 250 Å². The van der Waals surface area contributed by atoms with Crippen LogP contribution in [0, 0.1) is 0 Å². The van der Waals surface area contributed by atoms with Gasteiger partial charge in [-0.2, -0.15) is 0 Å². The van der Waals surface area contributed by atoms with Crippen molar-refractivity contribution in [3.63, 3.8) is 0 Å². The molecule has 0 bridgehead atoms. The van der Waals surface area contributed by atoms with Crippen LogP contribution < -0.4 is 5.32 Å². The van der Waals surface area contributed by atoms with Gasteiger partial charge < -0.3 is 20.6 Å². The lowest BCUT2D eigenvalue weighted by molar-refractivity contribution is -0.124. The van der Waals surface area contributed by atoms with Crippen molar-refractivity contribution in [2.24, 2.45) is 0 Å². The summed E-state index contributed by atoms with van der Waals surface area (Å²) in [5, 5.41) is 33.5. The Morgan fingerprint density at radius 3 is 1.22 bits per heavy atom. The normalized spacial score (nSPS) is 13.8. The van der Waals surface area contributed by atoms with Crippen LogP contribution in [-0.2, 0) is 4.79 Å². The van der Waals surface area contributed by atoms with Crippen molar-refractivity contribution in [2.75, 3.05) is 6.61 Å². The quantitative estimate of drug-likeness (QED) is 0.0377. The summed E-state index contributed by atoms with van der Waals surface area (Å²) in [5.41, 5.74) is 0. The Balaban J connectivity index is 3.67. The van der Waals surface area contributed by atoms with Crippen LogP contribution in [0.1, 0.15) is 232 Å². The lowest BCUT2D eigenvalue weighted by Gasteiger charge is -2.26. The Bertz CT molecular complexity index is 739. The molecular formula is C45H87NO4. The summed E-state index contributed by atoms with van der Waals surface area (Å²) in [4.78, 5) is 12.4. The number of carbonyl (C=O) groups excluding carboxylic acids is 1. The van der Waals surface area contributed by atoms with Crippen molar-refractivity contribution in [1.29, 1.82) is 0 Å². The average molecular weight is 706 g/mol. The Hall–Kier alpha value is -1.17. The lowest BCUT2D eigenvalue weighted by Crippen LogP contribution is -2.50. The molecule has 0 fully saturated rings. The second-order valence-corrected chi connectivity index (χ2v) is 15.2. The van der Waals surface area contributed by atoms with Crippen molar-refractivity contribution >= 4 is 5.91 Å². The Kier molecular flexibility index (Phi) is 39.6. The van der Waals surface area contributed by atoms with Crippen LogP contribution in [0.3, 0.4) is 0 Å². The van der Waals surface area contributed by atoms with Crippen LogP contribution in [0.25, 0.3) is 0 Å². The van der Waals surface area contributed by atoms with Gasteiger partial charge in [-0.3, -0.25) is 4.79 Å². The molecule has 0 rings (SSSR count). The monoisotopic (exact) mass is 706 g/mol. The highest BCUT2D eigenvalue weighted by atomic mass is 16.3. The molecule has 0 heterocycles. The zero-order valence-corrected chi connectivity index (χ0v) is 33.5. The minimum absolute atomic E-state index is 0.155. The molecule has 0 saturated heterocycles. The number of aliphatic hydroxyl groups is 3.